The van der Waals surface area contributed by atoms with Gasteiger partial charge in [-0.25, -0.2) is 14.8 Å². The monoisotopic (exact) mass is 282 g/mol. The maximum absolute atomic E-state index is 12.2. The van der Waals surface area contributed by atoms with Gasteiger partial charge in [-0.1, -0.05) is 0 Å². The number of ether oxygens (including phenoxy) is 1. The van der Waals surface area contributed by atoms with Gasteiger partial charge in [-0.3, -0.25) is 0 Å². The molecule has 0 unspecified atom stereocenters. The van der Waals surface area contributed by atoms with Crippen molar-refractivity contribution in [3.8, 4) is 0 Å². The van der Waals surface area contributed by atoms with Crippen molar-refractivity contribution in [1.82, 2.24) is 9.97 Å². The molecule has 1 heterocycles. The molecule has 0 spiro atoms. The van der Waals surface area contributed by atoms with Crippen molar-refractivity contribution in [3.63, 3.8) is 0 Å². The summed E-state index contributed by atoms with van der Waals surface area (Å²) in [6.45, 7) is 1.75. The number of aromatic nitrogens is 2. The maximum Gasteiger partial charge on any atom is 0.396 e. The first kappa shape index (κ1) is 14.7. The first-order chi connectivity index (χ1) is 8.37. The number of halogens is 4. The van der Waals surface area contributed by atoms with Crippen LogP contribution in [0.25, 0.3) is 0 Å². The predicted octanol–water partition coefficient (Wildman–Crippen LogP) is 2.50. The van der Waals surface area contributed by atoms with Gasteiger partial charge in [-0.2, -0.15) is 13.2 Å². The van der Waals surface area contributed by atoms with Crippen LogP contribution in [0.4, 0.5) is 13.2 Å². The Morgan fingerprint density at radius 3 is 2.67 bits per heavy atom. The van der Waals surface area contributed by atoms with Crippen molar-refractivity contribution in [2.24, 2.45) is 0 Å². The van der Waals surface area contributed by atoms with Crippen LogP contribution in [0.1, 0.15) is 28.8 Å². The molecule has 4 nitrogen and oxygen atoms in total. The Morgan fingerprint density at radius 1 is 1.50 bits per heavy atom. The fourth-order valence-corrected chi connectivity index (χ4v) is 1.41. The number of hydrogen-bond donors (Lipinski definition) is 0. The van der Waals surface area contributed by atoms with E-state index in [0.29, 0.717) is 0 Å². The lowest BCUT2D eigenvalue weighted by atomic mass is 10.2. The molecule has 0 radical (unpaired) electrons. The molecule has 1 rings (SSSR count). The van der Waals surface area contributed by atoms with Crippen molar-refractivity contribution >= 4 is 17.6 Å². The number of carbonyl (C=O) groups is 1. The zero-order chi connectivity index (χ0) is 13.8. The van der Waals surface area contributed by atoms with E-state index in [-0.39, 0.29) is 23.7 Å². The van der Waals surface area contributed by atoms with E-state index < -0.39 is 24.4 Å². The fourth-order valence-electron chi connectivity index (χ4n) is 1.20. The molecule has 0 atom stereocenters. The largest absolute Gasteiger partial charge is 0.462 e. The smallest absolute Gasteiger partial charge is 0.396 e. The van der Waals surface area contributed by atoms with Gasteiger partial charge in [0.05, 0.1) is 18.2 Å². The minimum absolute atomic E-state index is 0.0159. The van der Waals surface area contributed by atoms with Crippen LogP contribution in [-0.2, 0) is 17.0 Å². The van der Waals surface area contributed by atoms with Crippen LogP contribution in [0.5, 0.6) is 0 Å². The third-order valence-electron chi connectivity index (χ3n) is 1.90. The normalized spacial score (nSPS) is 11.4. The third-order valence-corrected chi connectivity index (χ3v) is 2.15. The molecule has 0 fully saturated rings. The minimum Gasteiger partial charge on any atom is -0.462 e. The molecule has 0 aromatic carbocycles. The lowest BCUT2D eigenvalue weighted by molar-refractivity contribution is -0.128. The Bertz CT molecular complexity index is 438. The highest BCUT2D eigenvalue weighted by molar-refractivity contribution is 6.17. The molecule has 1 aromatic heterocycles. The van der Waals surface area contributed by atoms with E-state index >= 15 is 0 Å². The highest BCUT2D eigenvalue weighted by Crippen LogP contribution is 2.20. The number of nitrogens with zero attached hydrogens (tertiary/aromatic N) is 2. The standard InChI is InChI=1S/C10H10ClF3N2O2/c1-2-18-9(17)6-5-15-8(3-10(12,13)14)16-7(6)4-11/h5H,2-4H2,1H3. The molecule has 0 aliphatic rings. The third kappa shape index (κ3) is 4.14. The van der Waals surface area contributed by atoms with Crippen LogP contribution in [0.3, 0.4) is 0 Å². The lowest BCUT2D eigenvalue weighted by Gasteiger charge is -2.09. The van der Waals surface area contributed by atoms with Crippen LogP contribution in [-0.4, -0.2) is 28.7 Å². The molecular weight excluding hydrogens is 273 g/mol. The first-order valence-corrected chi connectivity index (χ1v) is 5.55. The van der Waals surface area contributed by atoms with Crippen LogP contribution in [0.15, 0.2) is 6.20 Å². The average molecular weight is 283 g/mol. The lowest BCUT2D eigenvalue weighted by Crippen LogP contribution is -2.17. The molecule has 0 saturated heterocycles. The fraction of sp³-hybridized carbons (Fsp3) is 0.500. The molecule has 0 aliphatic carbocycles. The zero-order valence-corrected chi connectivity index (χ0v) is 10.2. The Balaban J connectivity index is 3.00. The van der Waals surface area contributed by atoms with Crippen molar-refractivity contribution in [2.45, 2.75) is 25.4 Å². The quantitative estimate of drug-likeness (QED) is 0.629. The van der Waals surface area contributed by atoms with Gasteiger partial charge >= 0.3 is 12.1 Å². The highest BCUT2D eigenvalue weighted by Gasteiger charge is 2.30. The number of rotatable bonds is 4. The van der Waals surface area contributed by atoms with Gasteiger partial charge in [0.1, 0.15) is 17.8 Å². The Kier molecular flexibility index (Phi) is 4.89. The van der Waals surface area contributed by atoms with Crippen molar-refractivity contribution in [1.29, 1.82) is 0 Å². The van der Waals surface area contributed by atoms with Crippen LogP contribution in [0, 0.1) is 0 Å². The van der Waals surface area contributed by atoms with Gasteiger partial charge in [0, 0.05) is 6.20 Å². The Labute approximate surface area is 106 Å². The van der Waals surface area contributed by atoms with Gasteiger partial charge in [0.25, 0.3) is 0 Å². The van der Waals surface area contributed by atoms with E-state index in [9.17, 15) is 18.0 Å². The summed E-state index contributed by atoms with van der Waals surface area (Å²) < 4.78 is 41.2. The summed E-state index contributed by atoms with van der Waals surface area (Å²) in [6, 6.07) is 0. The SMILES string of the molecule is CCOC(=O)c1cnc(CC(F)(F)F)nc1CCl. The predicted molar refractivity (Wildman–Crippen MR) is 57.3 cm³/mol. The Hall–Kier alpha value is -1.37. The maximum atomic E-state index is 12.2. The van der Waals surface area contributed by atoms with E-state index in [1.807, 2.05) is 0 Å². The Morgan fingerprint density at radius 2 is 2.17 bits per heavy atom. The molecule has 0 aliphatic heterocycles. The van der Waals surface area contributed by atoms with Gasteiger partial charge in [0.2, 0.25) is 0 Å². The number of carbonyl (C=O) groups excluding carboxylic acids is 1. The second-order valence-corrected chi connectivity index (χ2v) is 3.56. The van der Waals surface area contributed by atoms with E-state index in [4.69, 9.17) is 16.3 Å². The van der Waals surface area contributed by atoms with E-state index in [2.05, 4.69) is 9.97 Å². The van der Waals surface area contributed by atoms with Crippen molar-refractivity contribution < 1.29 is 22.7 Å². The van der Waals surface area contributed by atoms with Gasteiger partial charge in [-0.05, 0) is 6.92 Å². The molecule has 0 bridgehead atoms. The van der Waals surface area contributed by atoms with Gasteiger partial charge in [0.15, 0.2) is 0 Å². The first-order valence-electron chi connectivity index (χ1n) is 5.02. The molecule has 8 heteroatoms. The van der Waals surface area contributed by atoms with Crippen molar-refractivity contribution in [2.75, 3.05) is 6.61 Å². The van der Waals surface area contributed by atoms with Crippen LogP contribution < -0.4 is 0 Å². The molecule has 0 amide bonds. The van der Waals surface area contributed by atoms with E-state index in [1.54, 1.807) is 6.92 Å². The van der Waals surface area contributed by atoms with Gasteiger partial charge in [-0.15, -0.1) is 11.6 Å². The molecule has 100 valence electrons. The summed E-state index contributed by atoms with van der Waals surface area (Å²) in [6.07, 6.45) is -4.67. The molecule has 18 heavy (non-hydrogen) atoms. The second-order valence-electron chi connectivity index (χ2n) is 3.29. The number of alkyl halides is 4. The molecular formula is C10H10ClF3N2O2. The van der Waals surface area contributed by atoms with Crippen molar-refractivity contribution in [3.05, 3.63) is 23.3 Å². The highest BCUT2D eigenvalue weighted by atomic mass is 35.5. The minimum atomic E-state index is -4.41. The summed E-state index contributed by atoms with van der Waals surface area (Å²) in [5.41, 5.74) is 0.0159. The molecule has 0 saturated carbocycles. The topological polar surface area (TPSA) is 52.1 Å². The number of hydrogen-bond acceptors (Lipinski definition) is 4. The summed E-state index contributed by atoms with van der Waals surface area (Å²) in [5, 5.41) is 0. The zero-order valence-electron chi connectivity index (χ0n) is 9.42. The van der Waals surface area contributed by atoms with Gasteiger partial charge < -0.3 is 4.74 Å². The summed E-state index contributed by atoms with van der Waals surface area (Å²) in [5.74, 6) is -1.32. The van der Waals surface area contributed by atoms with Crippen LogP contribution in [0.2, 0.25) is 0 Å². The molecule has 1 aromatic rings. The second kappa shape index (κ2) is 5.99. The molecule has 0 N–H and O–H groups in total. The summed E-state index contributed by atoms with van der Waals surface area (Å²) >= 11 is 5.54. The average Bonchev–Trinajstić information content (AvgIpc) is 2.27. The summed E-state index contributed by atoms with van der Waals surface area (Å²) in [7, 11) is 0. The van der Waals surface area contributed by atoms with E-state index in [0.717, 1.165) is 6.20 Å². The number of esters is 1. The van der Waals surface area contributed by atoms with Crippen LogP contribution >= 0.6 is 11.6 Å². The van der Waals surface area contributed by atoms with E-state index in [1.165, 1.54) is 0 Å². The summed E-state index contributed by atoms with van der Waals surface area (Å²) in [4.78, 5) is 18.5.